The van der Waals surface area contributed by atoms with Crippen molar-refractivity contribution < 1.29 is 19.1 Å². The van der Waals surface area contributed by atoms with Crippen molar-refractivity contribution in [3.8, 4) is 5.75 Å². The summed E-state index contributed by atoms with van der Waals surface area (Å²) in [5, 5.41) is 0. The number of ether oxygens (including phenoxy) is 1. The lowest BCUT2D eigenvalue weighted by atomic mass is 10.0. The molecule has 0 aromatic heterocycles. The first-order chi connectivity index (χ1) is 12.1. The van der Waals surface area contributed by atoms with Crippen LogP contribution in [0.15, 0.2) is 24.3 Å². The number of nitrogens with zero attached hydrogens (tertiary/aromatic N) is 2. The Morgan fingerprint density at radius 1 is 1.12 bits per heavy atom. The normalized spacial score (nSPS) is 18.1. The van der Waals surface area contributed by atoms with Gasteiger partial charge in [-0.05, 0) is 18.6 Å². The predicted octanol–water partition coefficient (Wildman–Crippen LogP) is -0.0988. The van der Waals surface area contributed by atoms with Crippen LogP contribution in [0.4, 0.5) is 5.69 Å². The van der Waals surface area contributed by atoms with Gasteiger partial charge in [0, 0.05) is 32.6 Å². The monoisotopic (exact) mass is 346 g/mol. The van der Waals surface area contributed by atoms with Gasteiger partial charge in [0.2, 0.25) is 5.91 Å². The number of nitrogens with one attached hydrogen (secondary N) is 2. The summed E-state index contributed by atoms with van der Waals surface area (Å²) in [6, 6.07) is 7.82. The number of benzene rings is 1. The van der Waals surface area contributed by atoms with Crippen LogP contribution in [0.25, 0.3) is 0 Å². The number of rotatable bonds is 5. The molecule has 0 bridgehead atoms. The van der Waals surface area contributed by atoms with Crippen LogP contribution in [0.3, 0.4) is 0 Å². The topological polar surface area (TPSA) is 91.0 Å². The summed E-state index contributed by atoms with van der Waals surface area (Å²) in [5.41, 5.74) is 5.58. The molecular formula is C17H22N4O4. The molecule has 0 atom stereocenters. The third kappa shape index (κ3) is 3.67. The van der Waals surface area contributed by atoms with Gasteiger partial charge in [-0.25, -0.2) is 0 Å². The second kappa shape index (κ2) is 7.42. The van der Waals surface area contributed by atoms with Crippen LogP contribution in [0.2, 0.25) is 0 Å². The standard InChI is InChI=1S/C17H22N4O4/c1-25-14-5-3-2-4-13(14)20-8-10-21(11-9-20)15(22)7-6-12-16(23)18-19-17(12)24/h2-5,12H,6-11H2,1H3,(H,18,23)(H,19,24). The Hall–Kier alpha value is -2.77. The van der Waals surface area contributed by atoms with E-state index in [2.05, 4.69) is 15.8 Å². The lowest BCUT2D eigenvalue weighted by Gasteiger charge is -2.36. The molecule has 3 amide bonds. The van der Waals surface area contributed by atoms with Crippen LogP contribution in [-0.4, -0.2) is 55.9 Å². The fraction of sp³-hybridized carbons (Fsp3) is 0.471. The minimum absolute atomic E-state index is 0.0211. The van der Waals surface area contributed by atoms with E-state index in [0.29, 0.717) is 13.1 Å². The van der Waals surface area contributed by atoms with Crippen LogP contribution in [0.5, 0.6) is 5.75 Å². The third-order valence-electron chi connectivity index (χ3n) is 4.65. The number of hydrogen-bond donors (Lipinski definition) is 2. The molecule has 8 nitrogen and oxygen atoms in total. The van der Waals surface area contributed by atoms with Gasteiger partial charge < -0.3 is 14.5 Å². The molecule has 0 radical (unpaired) electrons. The summed E-state index contributed by atoms with van der Waals surface area (Å²) in [6.45, 7) is 2.66. The van der Waals surface area contributed by atoms with Crippen molar-refractivity contribution in [1.82, 2.24) is 15.8 Å². The number of para-hydroxylation sites is 2. The number of anilines is 1. The van der Waals surface area contributed by atoms with Gasteiger partial charge in [0.25, 0.3) is 11.8 Å². The highest BCUT2D eigenvalue weighted by atomic mass is 16.5. The molecule has 1 aromatic carbocycles. The number of carbonyl (C=O) groups is 3. The van der Waals surface area contributed by atoms with E-state index in [1.807, 2.05) is 24.3 Å². The summed E-state index contributed by atoms with van der Waals surface area (Å²) in [5.74, 6) is -0.691. The lowest BCUT2D eigenvalue weighted by molar-refractivity contribution is -0.132. The van der Waals surface area contributed by atoms with E-state index in [-0.39, 0.29) is 30.6 Å². The minimum Gasteiger partial charge on any atom is -0.495 e. The van der Waals surface area contributed by atoms with Gasteiger partial charge in [-0.3, -0.25) is 25.2 Å². The molecule has 0 spiro atoms. The van der Waals surface area contributed by atoms with Crippen molar-refractivity contribution >= 4 is 23.4 Å². The van der Waals surface area contributed by atoms with Crippen molar-refractivity contribution in [3.63, 3.8) is 0 Å². The van der Waals surface area contributed by atoms with E-state index in [1.165, 1.54) is 0 Å². The quantitative estimate of drug-likeness (QED) is 0.727. The van der Waals surface area contributed by atoms with Gasteiger partial charge in [0.1, 0.15) is 11.7 Å². The van der Waals surface area contributed by atoms with E-state index in [1.54, 1.807) is 12.0 Å². The first kappa shape index (κ1) is 17.1. The Labute approximate surface area is 146 Å². The second-order valence-electron chi connectivity index (χ2n) is 6.11. The lowest BCUT2D eigenvalue weighted by Crippen LogP contribution is -2.49. The molecule has 0 saturated carbocycles. The molecule has 25 heavy (non-hydrogen) atoms. The zero-order valence-electron chi connectivity index (χ0n) is 14.2. The van der Waals surface area contributed by atoms with Crippen LogP contribution in [0.1, 0.15) is 12.8 Å². The summed E-state index contributed by atoms with van der Waals surface area (Å²) in [4.78, 5) is 39.3. The Bertz CT molecular complexity index is 654. The average Bonchev–Trinajstić information content (AvgIpc) is 2.97. The van der Waals surface area contributed by atoms with Crippen LogP contribution >= 0.6 is 0 Å². The van der Waals surface area contributed by atoms with E-state index < -0.39 is 5.92 Å². The largest absolute Gasteiger partial charge is 0.495 e. The number of methoxy groups -OCH3 is 1. The SMILES string of the molecule is COc1ccccc1N1CCN(C(=O)CCC2C(=O)NNC2=O)CC1. The van der Waals surface area contributed by atoms with Crippen molar-refractivity contribution in [2.24, 2.45) is 5.92 Å². The first-order valence-corrected chi connectivity index (χ1v) is 8.35. The molecule has 3 rings (SSSR count). The third-order valence-corrected chi connectivity index (χ3v) is 4.65. The molecule has 0 aliphatic carbocycles. The van der Waals surface area contributed by atoms with Gasteiger partial charge >= 0.3 is 0 Å². The van der Waals surface area contributed by atoms with Gasteiger partial charge in [-0.1, -0.05) is 12.1 Å². The molecule has 0 unspecified atom stereocenters. The molecule has 2 N–H and O–H groups in total. The number of carbonyl (C=O) groups excluding carboxylic acids is 3. The summed E-state index contributed by atoms with van der Waals surface area (Å²) in [6.07, 6.45) is 0.434. The minimum atomic E-state index is -0.765. The fourth-order valence-electron chi connectivity index (χ4n) is 3.19. The van der Waals surface area contributed by atoms with Crippen LogP contribution in [0, 0.1) is 5.92 Å². The van der Waals surface area contributed by atoms with Crippen molar-refractivity contribution in [3.05, 3.63) is 24.3 Å². The zero-order chi connectivity index (χ0) is 17.8. The Balaban J connectivity index is 1.51. The van der Waals surface area contributed by atoms with Gasteiger partial charge in [0.05, 0.1) is 12.8 Å². The van der Waals surface area contributed by atoms with Gasteiger partial charge in [-0.15, -0.1) is 0 Å². The highest BCUT2D eigenvalue weighted by Crippen LogP contribution is 2.28. The molecule has 2 fully saturated rings. The molecular weight excluding hydrogens is 324 g/mol. The van der Waals surface area contributed by atoms with Gasteiger partial charge in [0.15, 0.2) is 0 Å². The molecule has 2 aliphatic heterocycles. The van der Waals surface area contributed by atoms with E-state index in [4.69, 9.17) is 4.74 Å². The Morgan fingerprint density at radius 3 is 2.40 bits per heavy atom. The van der Waals surface area contributed by atoms with Gasteiger partial charge in [-0.2, -0.15) is 0 Å². The fourth-order valence-corrected chi connectivity index (χ4v) is 3.19. The maximum absolute atomic E-state index is 12.4. The van der Waals surface area contributed by atoms with E-state index >= 15 is 0 Å². The Kier molecular flexibility index (Phi) is 5.06. The van der Waals surface area contributed by atoms with Crippen molar-refractivity contribution in [2.45, 2.75) is 12.8 Å². The molecule has 1 aromatic rings. The average molecular weight is 346 g/mol. The number of hydrogen-bond acceptors (Lipinski definition) is 5. The second-order valence-corrected chi connectivity index (χ2v) is 6.11. The zero-order valence-corrected chi connectivity index (χ0v) is 14.2. The number of hydrazine groups is 1. The molecule has 2 heterocycles. The molecule has 2 saturated heterocycles. The first-order valence-electron chi connectivity index (χ1n) is 8.35. The predicted molar refractivity (Wildman–Crippen MR) is 90.8 cm³/mol. The van der Waals surface area contributed by atoms with Crippen LogP contribution in [-0.2, 0) is 14.4 Å². The van der Waals surface area contributed by atoms with Crippen molar-refractivity contribution in [2.75, 3.05) is 38.2 Å². The Morgan fingerprint density at radius 2 is 1.76 bits per heavy atom. The summed E-state index contributed by atoms with van der Waals surface area (Å²) >= 11 is 0. The highest BCUT2D eigenvalue weighted by molar-refractivity contribution is 6.05. The van der Waals surface area contributed by atoms with E-state index in [9.17, 15) is 14.4 Å². The molecule has 8 heteroatoms. The summed E-state index contributed by atoms with van der Waals surface area (Å²) in [7, 11) is 1.65. The maximum atomic E-state index is 12.4. The maximum Gasteiger partial charge on any atom is 0.251 e. The van der Waals surface area contributed by atoms with Crippen LogP contribution < -0.4 is 20.5 Å². The van der Waals surface area contributed by atoms with E-state index in [0.717, 1.165) is 24.5 Å². The number of piperazine rings is 1. The smallest absolute Gasteiger partial charge is 0.251 e. The molecule has 2 aliphatic rings. The van der Waals surface area contributed by atoms with Crippen molar-refractivity contribution in [1.29, 1.82) is 0 Å². The highest BCUT2D eigenvalue weighted by Gasteiger charge is 2.33. The molecule has 134 valence electrons. The summed E-state index contributed by atoms with van der Waals surface area (Å²) < 4.78 is 5.39. The number of amides is 3.